The van der Waals surface area contributed by atoms with Gasteiger partial charge in [0, 0.05) is 28.2 Å². The van der Waals surface area contributed by atoms with Crippen molar-refractivity contribution in [1.29, 1.82) is 0 Å². The summed E-state index contributed by atoms with van der Waals surface area (Å²) in [6.45, 7) is 0.305. The van der Waals surface area contributed by atoms with E-state index in [9.17, 15) is 24.7 Å². The molecule has 0 spiro atoms. The molecule has 2 amide bonds. The molecule has 0 bridgehead atoms. The zero-order chi connectivity index (χ0) is 24.7. The van der Waals surface area contributed by atoms with Crippen LogP contribution in [0.5, 0.6) is 0 Å². The van der Waals surface area contributed by atoms with Gasteiger partial charge >= 0.3 is 5.97 Å². The number of carbonyl (C=O) groups excluding carboxylic acids is 2. The Morgan fingerprint density at radius 2 is 2.06 bits per heavy atom. The van der Waals surface area contributed by atoms with Crippen molar-refractivity contribution in [2.45, 2.75) is 18.0 Å². The van der Waals surface area contributed by atoms with Gasteiger partial charge in [-0.2, -0.15) is 0 Å². The van der Waals surface area contributed by atoms with Gasteiger partial charge in [0.05, 0.1) is 0 Å². The molecule has 1 fully saturated rings. The lowest BCUT2D eigenvalue weighted by molar-refractivity contribution is -0.687. The largest absolute Gasteiger partial charge is 0.477 e. The molecule has 2 aliphatic rings. The molecule has 1 unspecified atom stereocenters. The van der Waals surface area contributed by atoms with Crippen molar-refractivity contribution in [2.24, 2.45) is 5.16 Å². The third-order valence-corrected chi connectivity index (χ3v) is 7.75. The van der Waals surface area contributed by atoms with Crippen molar-refractivity contribution in [1.82, 2.24) is 15.2 Å². The Hall–Kier alpha value is -3.97. The first-order valence-corrected chi connectivity index (χ1v) is 12.3. The Kier molecular flexibility index (Phi) is 5.86. The first-order valence-electron chi connectivity index (χ1n) is 10.4. The summed E-state index contributed by atoms with van der Waals surface area (Å²) in [6.07, 6.45) is 3.80. The monoisotopic (exact) mass is 511 g/mol. The molecule has 0 saturated carbocycles. The summed E-state index contributed by atoms with van der Waals surface area (Å²) < 4.78 is 1.88. The van der Waals surface area contributed by atoms with Gasteiger partial charge < -0.3 is 21.4 Å². The van der Waals surface area contributed by atoms with E-state index in [1.54, 1.807) is 0 Å². The Labute approximate surface area is 206 Å². The van der Waals surface area contributed by atoms with E-state index >= 15 is 0 Å². The summed E-state index contributed by atoms with van der Waals surface area (Å²) in [5.41, 5.74) is 5.78. The van der Waals surface area contributed by atoms with Gasteiger partial charge in [-0.05, 0) is 11.5 Å². The number of nitrogens with one attached hydrogen (secondary N) is 1. The van der Waals surface area contributed by atoms with Crippen LogP contribution in [0.1, 0.15) is 5.69 Å². The number of anilines is 1. The minimum absolute atomic E-state index is 0.0757. The number of rotatable bonds is 6. The molecule has 1 aromatic carbocycles. The number of benzene rings is 1. The van der Waals surface area contributed by atoms with Crippen molar-refractivity contribution in [3.63, 3.8) is 0 Å². The van der Waals surface area contributed by atoms with Crippen LogP contribution in [0, 0.1) is 0 Å². The van der Waals surface area contributed by atoms with E-state index in [-0.39, 0.29) is 22.2 Å². The molecular formula is C22H19N6O5S2+. The van der Waals surface area contributed by atoms with Crippen LogP contribution in [0.2, 0.25) is 0 Å². The number of carbonyl (C=O) groups is 3. The molecule has 1 saturated heterocycles. The Morgan fingerprint density at radius 1 is 1.29 bits per heavy atom. The summed E-state index contributed by atoms with van der Waals surface area (Å²) in [7, 11) is 0. The highest BCUT2D eigenvalue weighted by Crippen LogP contribution is 2.40. The maximum atomic E-state index is 12.9. The smallest absolute Gasteiger partial charge is 0.352 e. The number of nitrogens with zero attached hydrogens (tertiary/aromatic N) is 4. The summed E-state index contributed by atoms with van der Waals surface area (Å²) >= 11 is 2.43. The average molecular weight is 512 g/mol. The van der Waals surface area contributed by atoms with Crippen LogP contribution < -0.4 is 15.6 Å². The van der Waals surface area contributed by atoms with E-state index in [1.165, 1.54) is 22.0 Å². The number of nitrogens with two attached hydrogens (primary N) is 1. The highest BCUT2D eigenvalue weighted by atomic mass is 32.2. The van der Waals surface area contributed by atoms with Gasteiger partial charge in [0.2, 0.25) is 0 Å². The molecular weight excluding hydrogens is 492 g/mol. The summed E-state index contributed by atoms with van der Waals surface area (Å²) in [4.78, 5) is 42.8. The number of thiazole rings is 1. The lowest BCUT2D eigenvalue weighted by atomic mass is 10.0. The van der Waals surface area contributed by atoms with E-state index < -0.39 is 29.2 Å². The number of thioether (sulfide) groups is 1. The summed E-state index contributed by atoms with van der Waals surface area (Å²) in [6, 6.07) is 8.82. The third-order valence-electron chi connectivity index (χ3n) is 5.74. The van der Waals surface area contributed by atoms with Crippen LogP contribution in [-0.4, -0.2) is 60.9 Å². The fraction of sp³-hybridized carbons (Fsp3) is 0.182. The first-order chi connectivity index (χ1) is 16.9. The normalized spacial score (nSPS) is 19.9. The molecule has 13 heteroatoms. The number of hydrogen-bond donors (Lipinski definition) is 4. The minimum atomic E-state index is -1.21. The number of aromatic nitrogens is 2. The first kappa shape index (κ1) is 22.8. The van der Waals surface area contributed by atoms with Crippen molar-refractivity contribution in [3.8, 4) is 0 Å². The van der Waals surface area contributed by atoms with Crippen molar-refractivity contribution in [2.75, 3.05) is 11.5 Å². The number of oxime groups is 1. The molecule has 0 radical (unpaired) electrons. The fourth-order valence-corrected chi connectivity index (χ4v) is 6.00. The predicted octanol–water partition coefficient (Wildman–Crippen LogP) is 0.783. The number of carboxylic acid groups (broad SMARTS) is 1. The minimum Gasteiger partial charge on any atom is -0.477 e. The van der Waals surface area contributed by atoms with Crippen molar-refractivity contribution < 1.29 is 29.3 Å². The number of β-lactam (4-membered cyclic amide) rings is 1. The lowest BCUT2D eigenvalue weighted by Crippen LogP contribution is -2.71. The second-order valence-corrected chi connectivity index (χ2v) is 9.88. The van der Waals surface area contributed by atoms with E-state index in [0.717, 1.165) is 22.1 Å². The standard InChI is InChI=1S/C22H18N6O5S2/c23-22-24-14(10-35-22)15(26-33)18(29)25-16-19(30)28-17(21(31)32)13(9-34-20(16)28)8-27-6-5-11-3-1-2-4-12(11)7-27/h1-7,10,16,20H,8-9H2,(H4-,23,24,25,29,31,32,33)/p+1/t16?,20-/m1/s1. The maximum Gasteiger partial charge on any atom is 0.352 e. The summed E-state index contributed by atoms with van der Waals surface area (Å²) in [5.74, 6) is -2.20. The molecule has 0 aliphatic carbocycles. The van der Waals surface area contributed by atoms with Gasteiger partial charge in [0.1, 0.15) is 22.8 Å². The second-order valence-electron chi connectivity index (χ2n) is 7.88. The number of amides is 2. The molecule has 3 aromatic rings. The summed E-state index contributed by atoms with van der Waals surface area (Å²) in [5, 5.41) is 27.8. The van der Waals surface area contributed by atoms with Gasteiger partial charge in [-0.25, -0.2) is 14.3 Å². The molecule has 11 nitrogen and oxygen atoms in total. The number of hydrogen-bond acceptors (Lipinski definition) is 9. The fourth-order valence-electron chi connectivity index (χ4n) is 4.12. The molecule has 35 heavy (non-hydrogen) atoms. The SMILES string of the molecule is Nc1nc(/C(=N/O)C(=O)NC2C(=O)N3C(C(=O)O)=C(C[n+]4ccc5ccccc5c4)CS[C@H]23)cs1. The molecule has 178 valence electrons. The van der Waals surface area contributed by atoms with E-state index in [0.29, 0.717) is 17.9 Å². The molecule has 2 aliphatic heterocycles. The quantitative estimate of drug-likeness (QED) is 0.124. The number of pyridine rings is 1. The predicted molar refractivity (Wildman–Crippen MR) is 129 cm³/mol. The van der Waals surface area contributed by atoms with Gasteiger partial charge in [-0.1, -0.05) is 23.4 Å². The number of aliphatic carboxylic acids is 1. The van der Waals surface area contributed by atoms with Crippen molar-refractivity contribution >= 4 is 62.5 Å². The molecule has 5 N–H and O–H groups in total. The van der Waals surface area contributed by atoms with Gasteiger partial charge in [-0.15, -0.1) is 23.1 Å². The molecule has 2 aromatic heterocycles. The molecule has 4 heterocycles. The number of fused-ring (bicyclic) bond motifs is 2. The van der Waals surface area contributed by atoms with Crippen LogP contribution in [-0.2, 0) is 20.9 Å². The highest BCUT2D eigenvalue weighted by Gasteiger charge is 2.54. The Morgan fingerprint density at radius 3 is 2.74 bits per heavy atom. The van der Waals surface area contributed by atoms with Gasteiger partial charge in [0.25, 0.3) is 11.8 Å². The van der Waals surface area contributed by atoms with Crippen LogP contribution in [0.4, 0.5) is 5.13 Å². The number of nitrogen functional groups attached to an aromatic ring is 1. The van der Waals surface area contributed by atoms with E-state index in [1.807, 2.05) is 47.3 Å². The van der Waals surface area contributed by atoms with Crippen LogP contribution in [0.3, 0.4) is 0 Å². The maximum absolute atomic E-state index is 12.9. The van der Waals surface area contributed by atoms with Crippen LogP contribution in [0.25, 0.3) is 10.8 Å². The van der Waals surface area contributed by atoms with Crippen LogP contribution in [0.15, 0.2) is 64.5 Å². The lowest BCUT2D eigenvalue weighted by Gasteiger charge is -2.49. The molecule has 5 rings (SSSR count). The second kappa shape index (κ2) is 9.00. The average Bonchev–Trinajstić information content (AvgIpc) is 3.28. The molecule has 2 atom stereocenters. The third kappa shape index (κ3) is 4.08. The number of carboxylic acids is 1. The van der Waals surface area contributed by atoms with Crippen molar-refractivity contribution in [3.05, 3.63) is 65.1 Å². The van der Waals surface area contributed by atoms with E-state index in [2.05, 4.69) is 15.5 Å². The van der Waals surface area contributed by atoms with E-state index in [4.69, 9.17) is 5.73 Å². The highest BCUT2D eigenvalue weighted by molar-refractivity contribution is 8.00. The zero-order valence-corrected chi connectivity index (χ0v) is 19.6. The van der Waals surface area contributed by atoms with Gasteiger partial charge in [0.15, 0.2) is 29.8 Å². The Bertz CT molecular complexity index is 1430. The van der Waals surface area contributed by atoms with Gasteiger partial charge in [-0.3, -0.25) is 14.5 Å². The topological polar surface area (TPSA) is 162 Å². The zero-order valence-electron chi connectivity index (χ0n) is 18.0. The Balaban J connectivity index is 1.36. The van der Waals surface area contributed by atoms with Crippen LogP contribution >= 0.6 is 23.1 Å².